The number of hydrogen-bond acceptors (Lipinski definition) is 2. The highest BCUT2D eigenvalue weighted by molar-refractivity contribution is 6.30. The first kappa shape index (κ1) is 14.4. The highest BCUT2D eigenvalue weighted by Crippen LogP contribution is 2.31. The average Bonchev–Trinajstić information content (AvgIpc) is 2.82. The van der Waals surface area contributed by atoms with Crippen LogP contribution in [0.4, 0.5) is 4.39 Å². The summed E-state index contributed by atoms with van der Waals surface area (Å²) in [6, 6.07) is 12.4. The minimum Gasteiger partial charge on any atom is -0.490 e. The van der Waals surface area contributed by atoms with Gasteiger partial charge in [0.2, 0.25) is 0 Å². The van der Waals surface area contributed by atoms with Crippen LogP contribution in [-0.4, -0.2) is 12.1 Å². The lowest BCUT2D eigenvalue weighted by atomic mass is 9.99. The van der Waals surface area contributed by atoms with Gasteiger partial charge in [-0.3, -0.25) is 0 Å². The molecular weight excluding hydrogens is 289 g/mol. The fourth-order valence-corrected chi connectivity index (χ4v) is 2.89. The van der Waals surface area contributed by atoms with Crippen molar-refractivity contribution in [1.29, 1.82) is 0 Å². The highest BCUT2D eigenvalue weighted by Gasteiger charge is 2.25. The van der Waals surface area contributed by atoms with Gasteiger partial charge in [-0.15, -0.1) is 0 Å². The summed E-state index contributed by atoms with van der Waals surface area (Å²) in [4.78, 5) is 0. The van der Waals surface area contributed by atoms with E-state index in [9.17, 15) is 4.39 Å². The minimum absolute atomic E-state index is 0.00957. The van der Waals surface area contributed by atoms with Crippen LogP contribution < -0.4 is 10.5 Å². The number of ether oxygens (including phenoxy) is 1. The third-order valence-corrected chi connectivity index (χ3v) is 3.99. The van der Waals surface area contributed by atoms with Crippen LogP contribution in [0.5, 0.6) is 5.75 Å². The average molecular weight is 306 g/mol. The van der Waals surface area contributed by atoms with E-state index in [0.29, 0.717) is 0 Å². The lowest BCUT2D eigenvalue weighted by Gasteiger charge is -2.16. The maximum absolute atomic E-state index is 13.2. The number of nitrogens with two attached hydrogens (primary N) is 1. The molecule has 1 aliphatic rings. The van der Waals surface area contributed by atoms with Gasteiger partial charge in [0.15, 0.2) is 0 Å². The van der Waals surface area contributed by atoms with Gasteiger partial charge in [0.25, 0.3) is 0 Å². The molecule has 1 aliphatic heterocycles. The highest BCUT2D eigenvalue weighted by atomic mass is 35.5. The van der Waals surface area contributed by atoms with E-state index in [-0.39, 0.29) is 18.0 Å². The topological polar surface area (TPSA) is 35.2 Å². The Bertz CT molecular complexity index is 629. The Labute approximate surface area is 128 Å². The molecule has 0 aromatic heterocycles. The summed E-state index contributed by atoms with van der Waals surface area (Å²) in [5.74, 6) is 0.559. The lowest BCUT2D eigenvalue weighted by Crippen LogP contribution is -2.30. The molecule has 0 fully saturated rings. The summed E-state index contributed by atoms with van der Waals surface area (Å²) in [6.07, 6.45) is 2.28. The first-order valence-electron chi connectivity index (χ1n) is 7.05. The molecule has 2 nitrogen and oxygen atoms in total. The van der Waals surface area contributed by atoms with Gasteiger partial charge in [-0.25, -0.2) is 4.39 Å². The quantitative estimate of drug-likeness (QED) is 0.934. The van der Waals surface area contributed by atoms with Crippen molar-refractivity contribution in [3.8, 4) is 5.75 Å². The number of halogens is 2. The SMILES string of the molecule is NC(Cc1ccc(Cl)cc1)CC1Cc2cc(F)ccc2O1. The molecule has 110 valence electrons. The molecule has 2 aromatic carbocycles. The fraction of sp³-hybridized carbons (Fsp3) is 0.294. The Hall–Kier alpha value is -1.58. The van der Waals surface area contributed by atoms with Crippen LogP contribution in [0.3, 0.4) is 0 Å². The number of rotatable bonds is 4. The number of benzene rings is 2. The molecule has 0 radical (unpaired) electrons. The second kappa shape index (κ2) is 6.04. The molecule has 2 atom stereocenters. The van der Waals surface area contributed by atoms with Gasteiger partial charge < -0.3 is 10.5 Å². The molecule has 0 amide bonds. The molecule has 0 bridgehead atoms. The summed E-state index contributed by atoms with van der Waals surface area (Å²) in [7, 11) is 0. The molecule has 21 heavy (non-hydrogen) atoms. The van der Waals surface area contributed by atoms with Gasteiger partial charge >= 0.3 is 0 Å². The van der Waals surface area contributed by atoms with Crippen LogP contribution in [0.2, 0.25) is 5.02 Å². The van der Waals surface area contributed by atoms with Crippen molar-refractivity contribution in [2.24, 2.45) is 5.73 Å². The number of fused-ring (bicyclic) bond motifs is 1. The summed E-state index contributed by atoms with van der Waals surface area (Å²) in [5.41, 5.74) is 8.29. The molecule has 2 aromatic rings. The monoisotopic (exact) mass is 305 g/mol. The van der Waals surface area contributed by atoms with E-state index >= 15 is 0 Å². The molecule has 2 N–H and O–H groups in total. The summed E-state index contributed by atoms with van der Waals surface area (Å²) in [5, 5.41) is 0.726. The molecule has 0 spiro atoms. The van der Waals surface area contributed by atoms with Crippen LogP contribution in [-0.2, 0) is 12.8 Å². The van der Waals surface area contributed by atoms with E-state index in [2.05, 4.69) is 0 Å². The van der Waals surface area contributed by atoms with Crippen molar-refractivity contribution < 1.29 is 9.13 Å². The summed E-state index contributed by atoms with van der Waals surface area (Å²) < 4.78 is 19.0. The van der Waals surface area contributed by atoms with E-state index in [1.165, 1.54) is 6.07 Å². The van der Waals surface area contributed by atoms with Crippen molar-refractivity contribution in [3.63, 3.8) is 0 Å². The van der Waals surface area contributed by atoms with Crippen molar-refractivity contribution >= 4 is 11.6 Å². The van der Waals surface area contributed by atoms with Crippen molar-refractivity contribution in [2.75, 3.05) is 0 Å². The molecule has 4 heteroatoms. The maximum Gasteiger partial charge on any atom is 0.123 e. The van der Waals surface area contributed by atoms with Gasteiger partial charge in [0, 0.05) is 29.5 Å². The fourth-order valence-electron chi connectivity index (χ4n) is 2.76. The van der Waals surface area contributed by atoms with Gasteiger partial charge in [0.1, 0.15) is 17.7 Å². The normalized spacial score (nSPS) is 18.1. The summed E-state index contributed by atoms with van der Waals surface area (Å²) >= 11 is 5.87. The molecule has 0 aliphatic carbocycles. The maximum atomic E-state index is 13.2. The van der Waals surface area contributed by atoms with E-state index in [4.69, 9.17) is 22.1 Å². The zero-order valence-electron chi connectivity index (χ0n) is 11.6. The minimum atomic E-state index is -0.219. The second-order valence-corrected chi connectivity index (χ2v) is 5.96. The molecule has 0 saturated heterocycles. The zero-order chi connectivity index (χ0) is 14.8. The van der Waals surface area contributed by atoms with E-state index in [0.717, 1.165) is 41.2 Å². The number of hydrogen-bond donors (Lipinski definition) is 1. The smallest absolute Gasteiger partial charge is 0.123 e. The Morgan fingerprint density at radius 2 is 2.00 bits per heavy atom. The molecule has 2 unspecified atom stereocenters. The Balaban J connectivity index is 1.57. The summed E-state index contributed by atoms with van der Waals surface area (Å²) in [6.45, 7) is 0. The van der Waals surface area contributed by atoms with Gasteiger partial charge in [-0.2, -0.15) is 0 Å². The first-order chi connectivity index (χ1) is 10.1. The predicted octanol–water partition coefficient (Wildman–Crippen LogP) is 3.74. The second-order valence-electron chi connectivity index (χ2n) is 5.52. The van der Waals surface area contributed by atoms with Crippen LogP contribution in [0.25, 0.3) is 0 Å². The van der Waals surface area contributed by atoms with E-state index in [1.807, 2.05) is 24.3 Å². The Kier molecular flexibility index (Phi) is 4.13. The van der Waals surface area contributed by atoms with Crippen molar-refractivity contribution in [2.45, 2.75) is 31.4 Å². The third-order valence-electron chi connectivity index (χ3n) is 3.74. The van der Waals surface area contributed by atoms with Crippen molar-refractivity contribution in [3.05, 3.63) is 64.4 Å². The van der Waals surface area contributed by atoms with Crippen molar-refractivity contribution in [1.82, 2.24) is 0 Å². The molecule has 0 saturated carbocycles. The van der Waals surface area contributed by atoms with Gasteiger partial charge in [-0.05, 0) is 42.3 Å². The Morgan fingerprint density at radius 1 is 1.24 bits per heavy atom. The third kappa shape index (κ3) is 3.55. The molecule has 3 rings (SSSR count). The van der Waals surface area contributed by atoms with E-state index in [1.54, 1.807) is 12.1 Å². The standard InChI is InChI=1S/C17H17ClFNO/c18-13-3-1-11(2-4-13)7-15(20)10-16-9-12-8-14(19)5-6-17(12)21-16/h1-6,8,15-16H,7,9-10,20H2. The molecule has 1 heterocycles. The zero-order valence-corrected chi connectivity index (χ0v) is 12.3. The largest absolute Gasteiger partial charge is 0.490 e. The van der Waals surface area contributed by atoms with Crippen LogP contribution in [0.1, 0.15) is 17.5 Å². The Morgan fingerprint density at radius 3 is 2.76 bits per heavy atom. The van der Waals surface area contributed by atoms with Gasteiger partial charge in [-0.1, -0.05) is 23.7 Å². The van der Waals surface area contributed by atoms with E-state index < -0.39 is 0 Å². The lowest BCUT2D eigenvalue weighted by molar-refractivity contribution is 0.210. The van der Waals surface area contributed by atoms with Gasteiger partial charge in [0.05, 0.1) is 0 Å². The first-order valence-corrected chi connectivity index (χ1v) is 7.43. The van der Waals surface area contributed by atoms with Crippen LogP contribution in [0, 0.1) is 5.82 Å². The van der Waals surface area contributed by atoms with Crippen LogP contribution >= 0.6 is 11.6 Å². The predicted molar refractivity (Wildman–Crippen MR) is 82.3 cm³/mol. The van der Waals surface area contributed by atoms with Crippen LogP contribution in [0.15, 0.2) is 42.5 Å². The molecular formula is C17H17ClFNO.